The van der Waals surface area contributed by atoms with E-state index < -0.39 is 29.8 Å². The predicted octanol–water partition coefficient (Wildman–Crippen LogP) is 1.15. The zero-order valence-electron chi connectivity index (χ0n) is 12.2. The largest absolute Gasteiger partial charge is 0.476 e. The molecule has 21 heavy (non-hydrogen) atoms. The minimum atomic E-state index is -1.15. The number of nitrogens with one attached hydrogen (secondary N) is 1. The van der Waals surface area contributed by atoms with Crippen molar-refractivity contribution >= 4 is 12.1 Å². The van der Waals surface area contributed by atoms with Crippen LogP contribution in [0.5, 0.6) is 0 Å². The van der Waals surface area contributed by atoms with Gasteiger partial charge in [0, 0.05) is 12.6 Å². The average Bonchev–Trinajstić information content (AvgIpc) is 2.92. The lowest BCUT2D eigenvalue weighted by Gasteiger charge is -2.27. The van der Waals surface area contributed by atoms with Gasteiger partial charge in [-0.1, -0.05) is 0 Å². The average molecular weight is 297 g/mol. The third-order valence-corrected chi connectivity index (χ3v) is 3.04. The molecule has 1 aromatic rings. The molecule has 1 aromatic heterocycles. The molecule has 0 aromatic carbocycles. The van der Waals surface area contributed by atoms with Gasteiger partial charge in [-0.25, -0.2) is 14.6 Å². The molecule has 2 heterocycles. The molecule has 0 saturated carbocycles. The number of carbonyl (C=O) groups excluding carboxylic acids is 1. The minimum absolute atomic E-state index is 0.128. The molecule has 3 N–H and O–H groups in total. The summed E-state index contributed by atoms with van der Waals surface area (Å²) < 4.78 is 5.29. The molecule has 0 bridgehead atoms. The summed E-state index contributed by atoms with van der Waals surface area (Å²) in [5.74, 6) is -0.824. The molecular formula is C13H19N3O5. The second-order valence-corrected chi connectivity index (χ2v) is 6.01. The standard InChI is InChI=1S/C13H19N3O5/c1-13(2,3)21-12(20)16-6-7(17)4-9(16)10-14-5-8(15-10)11(18)19/h5,7,9,17H,4,6H2,1-3H3,(H,14,15)(H,18,19)/t7-,9+/m1/s1. The smallest absolute Gasteiger partial charge is 0.411 e. The number of ether oxygens (including phenoxy) is 1. The Balaban J connectivity index is 2.19. The molecule has 0 aliphatic carbocycles. The van der Waals surface area contributed by atoms with Crippen LogP contribution >= 0.6 is 0 Å². The van der Waals surface area contributed by atoms with E-state index in [9.17, 15) is 14.7 Å². The Morgan fingerprint density at radius 3 is 2.67 bits per heavy atom. The Morgan fingerprint density at radius 2 is 2.14 bits per heavy atom. The van der Waals surface area contributed by atoms with Crippen molar-refractivity contribution in [3.63, 3.8) is 0 Å². The molecule has 0 radical (unpaired) electrons. The van der Waals surface area contributed by atoms with Crippen LogP contribution in [-0.2, 0) is 4.74 Å². The number of hydrogen-bond acceptors (Lipinski definition) is 5. The van der Waals surface area contributed by atoms with E-state index in [0.29, 0.717) is 5.82 Å². The summed E-state index contributed by atoms with van der Waals surface area (Å²) in [6.07, 6.45) is 0.291. The number of imidazole rings is 1. The van der Waals surface area contributed by atoms with Gasteiger partial charge in [0.05, 0.1) is 18.7 Å². The van der Waals surface area contributed by atoms with Crippen molar-refractivity contribution in [2.24, 2.45) is 0 Å². The van der Waals surface area contributed by atoms with Crippen molar-refractivity contribution in [3.8, 4) is 0 Å². The van der Waals surface area contributed by atoms with Crippen molar-refractivity contribution in [1.29, 1.82) is 0 Å². The first kappa shape index (κ1) is 15.3. The molecule has 1 aliphatic heterocycles. The number of aliphatic hydroxyl groups is 1. The van der Waals surface area contributed by atoms with E-state index in [-0.39, 0.29) is 18.7 Å². The highest BCUT2D eigenvalue weighted by Gasteiger charge is 2.39. The highest BCUT2D eigenvalue weighted by atomic mass is 16.6. The summed E-state index contributed by atoms with van der Waals surface area (Å²) in [4.78, 5) is 31.1. The van der Waals surface area contributed by atoms with Gasteiger partial charge in [-0.3, -0.25) is 4.90 Å². The summed E-state index contributed by atoms with van der Waals surface area (Å²) >= 11 is 0. The number of aromatic carboxylic acids is 1. The Morgan fingerprint density at radius 1 is 1.48 bits per heavy atom. The van der Waals surface area contributed by atoms with E-state index in [1.165, 1.54) is 11.1 Å². The van der Waals surface area contributed by atoms with Gasteiger partial charge in [0.15, 0.2) is 5.69 Å². The number of aromatic nitrogens is 2. The van der Waals surface area contributed by atoms with Crippen LogP contribution in [0.4, 0.5) is 4.79 Å². The molecule has 116 valence electrons. The number of β-amino-alcohol motifs (C(OH)–C–C–N with tert-alkyl or cyclic N) is 1. The highest BCUT2D eigenvalue weighted by molar-refractivity contribution is 5.85. The second kappa shape index (κ2) is 5.36. The molecule has 0 unspecified atom stereocenters. The number of amides is 1. The third-order valence-electron chi connectivity index (χ3n) is 3.04. The fourth-order valence-electron chi connectivity index (χ4n) is 2.21. The van der Waals surface area contributed by atoms with Gasteiger partial charge in [0.25, 0.3) is 0 Å². The molecule has 0 spiro atoms. The molecule has 2 rings (SSSR count). The summed E-state index contributed by atoms with van der Waals surface area (Å²) in [7, 11) is 0. The highest BCUT2D eigenvalue weighted by Crippen LogP contribution is 2.31. The molecule has 8 nitrogen and oxygen atoms in total. The van der Waals surface area contributed by atoms with Gasteiger partial charge in [0.2, 0.25) is 0 Å². The number of H-pyrrole nitrogens is 1. The van der Waals surface area contributed by atoms with Crippen molar-refractivity contribution in [2.45, 2.75) is 44.9 Å². The Labute approximate surface area is 121 Å². The van der Waals surface area contributed by atoms with Gasteiger partial charge >= 0.3 is 12.1 Å². The quantitative estimate of drug-likeness (QED) is 0.754. The summed E-state index contributed by atoms with van der Waals surface area (Å²) in [6.45, 7) is 5.38. The second-order valence-electron chi connectivity index (χ2n) is 6.01. The number of carboxylic acids is 1. The summed E-state index contributed by atoms with van der Waals surface area (Å²) in [5.41, 5.74) is -0.777. The summed E-state index contributed by atoms with van der Waals surface area (Å²) in [6, 6.07) is -0.525. The zero-order chi connectivity index (χ0) is 15.8. The van der Waals surface area contributed by atoms with Crippen LogP contribution in [-0.4, -0.2) is 55.4 Å². The summed E-state index contributed by atoms with van der Waals surface area (Å²) in [5, 5.41) is 18.7. The number of aromatic amines is 1. The maximum atomic E-state index is 12.2. The van der Waals surface area contributed by atoms with Crippen molar-refractivity contribution in [1.82, 2.24) is 14.9 Å². The van der Waals surface area contributed by atoms with E-state index in [1.807, 2.05) is 0 Å². The Hall–Kier alpha value is -2.09. The number of likely N-dealkylation sites (tertiary alicyclic amines) is 1. The molecular weight excluding hydrogens is 278 g/mol. The van der Waals surface area contributed by atoms with Gasteiger partial charge < -0.3 is 19.9 Å². The number of nitrogens with zero attached hydrogens (tertiary/aromatic N) is 2. The fourth-order valence-corrected chi connectivity index (χ4v) is 2.21. The first-order valence-corrected chi connectivity index (χ1v) is 6.63. The van der Waals surface area contributed by atoms with Crippen LogP contribution in [0.25, 0.3) is 0 Å². The van der Waals surface area contributed by atoms with E-state index >= 15 is 0 Å². The van der Waals surface area contributed by atoms with E-state index in [4.69, 9.17) is 9.84 Å². The van der Waals surface area contributed by atoms with Crippen LogP contribution in [0, 0.1) is 0 Å². The topological polar surface area (TPSA) is 116 Å². The van der Waals surface area contributed by atoms with Crippen molar-refractivity contribution in [2.75, 3.05) is 6.54 Å². The molecule has 1 fully saturated rings. The number of carbonyl (C=O) groups is 2. The van der Waals surface area contributed by atoms with Crippen molar-refractivity contribution in [3.05, 3.63) is 17.7 Å². The van der Waals surface area contributed by atoms with Crippen LogP contribution in [0.2, 0.25) is 0 Å². The first-order valence-electron chi connectivity index (χ1n) is 6.63. The number of rotatable bonds is 2. The van der Waals surface area contributed by atoms with E-state index in [2.05, 4.69) is 9.97 Å². The van der Waals surface area contributed by atoms with Crippen LogP contribution in [0.1, 0.15) is 49.5 Å². The SMILES string of the molecule is CC(C)(C)OC(=O)N1C[C@H](O)C[C@H]1c1nc(C(=O)O)c[nH]1. The number of carboxylic acid groups (broad SMARTS) is 1. The van der Waals surface area contributed by atoms with Gasteiger partial charge in [0.1, 0.15) is 11.4 Å². The van der Waals surface area contributed by atoms with Crippen LogP contribution in [0.15, 0.2) is 6.20 Å². The first-order chi connectivity index (χ1) is 9.67. The molecule has 1 saturated heterocycles. The fraction of sp³-hybridized carbons (Fsp3) is 0.615. The maximum absolute atomic E-state index is 12.2. The third kappa shape index (κ3) is 3.52. The minimum Gasteiger partial charge on any atom is -0.476 e. The monoisotopic (exact) mass is 297 g/mol. The number of hydrogen-bond donors (Lipinski definition) is 3. The molecule has 1 aliphatic rings. The van der Waals surface area contributed by atoms with E-state index in [0.717, 1.165) is 0 Å². The van der Waals surface area contributed by atoms with Gasteiger partial charge in [-0.2, -0.15) is 0 Å². The predicted molar refractivity (Wildman–Crippen MR) is 71.9 cm³/mol. The van der Waals surface area contributed by atoms with Gasteiger partial charge in [-0.15, -0.1) is 0 Å². The Bertz CT molecular complexity index is 548. The van der Waals surface area contributed by atoms with E-state index in [1.54, 1.807) is 20.8 Å². The normalized spacial score (nSPS) is 22.4. The van der Waals surface area contributed by atoms with Crippen LogP contribution in [0.3, 0.4) is 0 Å². The maximum Gasteiger partial charge on any atom is 0.411 e. The lowest BCUT2D eigenvalue weighted by atomic mass is 10.2. The molecule has 2 atom stereocenters. The molecule has 1 amide bonds. The lowest BCUT2D eigenvalue weighted by molar-refractivity contribution is 0.0201. The van der Waals surface area contributed by atoms with Crippen LogP contribution < -0.4 is 0 Å². The van der Waals surface area contributed by atoms with Crippen molar-refractivity contribution < 1.29 is 24.5 Å². The zero-order valence-corrected chi connectivity index (χ0v) is 12.2. The lowest BCUT2D eigenvalue weighted by Crippen LogP contribution is -2.37. The van der Waals surface area contributed by atoms with Gasteiger partial charge in [-0.05, 0) is 20.8 Å². The molecule has 8 heteroatoms. The Kier molecular flexibility index (Phi) is 3.91. The number of aliphatic hydroxyl groups excluding tert-OH is 1.